The molecule has 0 spiro atoms. The van der Waals surface area contributed by atoms with Gasteiger partial charge >= 0.3 is 21.2 Å². The summed E-state index contributed by atoms with van der Waals surface area (Å²) in [5, 5.41) is 0. The first-order valence-corrected chi connectivity index (χ1v) is 40.3. The lowest BCUT2D eigenvalue weighted by atomic mass is 10.1. The van der Waals surface area contributed by atoms with Gasteiger partial charge in [0.2, 0.25) is 17.5 Å². The molecule has 0 aromatic heterocycles. The predicted octanol–water partition coefficient (Wildman–Crippen LogP) is 16.9. The molecule has 30 heteroatoms. The van der Waals surface area contributed by atoms with Crippen molar-refractivity contribution in [2.24, 2.45) is 0 Å². The molecule has 0 aliphatic carbocycles. The zero-order valence-electron chi connectivity index (χ0n) is 58.6. The summed E-state index contributed by atoms with van der Waals surface area (Å²) in [4.78, 5) is 1.44. The van der Waals surface area contributed by atoms with Gasteiger partial charge in [-0.1, -0.05) is 70.8 Å². The molecule has 0 amide bonds. The molecular weight excluding hydrogens is 1650 g/mol. The molecule has 11 aromatic carbocycles. The third kappa shape index (κ3) is 18.5. The molecule has 0 heterocycles. The number of halogens is 16. The third-order valence-corrected chi connectivity index (χ3v) is 27.2. The van der Waals surface area contributed by atoms with E-state index >= 15 is 0 Å². The molecule has 0 saturated heterocycles. The van der Waals surface area contributed by atoms with E-state index in [9.17, 15) is 105 Å². The topological polar surface area (TPSA) is 172 Å². The summed E-state index contributed by atoms with van der Waals surface area (Å²) in [5.41, 5.74) is 21.3. The van der Waals surface area contributed by atoms with Crippen LogP contribution in [0, 0.1) is 177 Å². The maximum absolute atomic E-state index is 12.6. The Bertz CT molecular complexity index is 4990. The van der Waals surface area contributed by atoms with Crippen LogP contribution in [-0.4, -0.2) is 38.9 Å². The number of benzene rings is 11. The van der Waals surface area contributed by atoms with Crippen LogP contribution in [-0.2, 0) is 52.1 Å². The standard InChI is InChI=1S/C60H60IS2.3C6HF5O3S/c1-37-29-41(5)57(42(6)30-37)62(58-43(7)31-38(2)32-44(58)8)55-25-17-51(18-26-55)49-13-21-53(22-14-49)61-54-23-15-50(16-24-54)52-19-27-56(28-20-52)63(59-45(9)33-39(3)34-46(59)10)60-47(11)35-40(4)36-48(60)12;3*7-1-2(8)4(10)6(15(12,13)14)5(11)3(1)9/h13-36H,1-12H3;3*(H,12,13,14)/q+3;;;/p-3. The zero-order chi connectivity index (χ0) is 80.6. The average molecular weight is 1710 g/mol. The highest BCUT2D eigenvalue weighted by atomic mass is 127. The molecular formula is C78H60F15IO9S5. The van der Waals surface area contributed by atoms with Gasteiger partial charge in [-0.25, -0.2) is 91.1 Å². The van der Waals surface area contributed by atoms with E-state index in [0.29, 0.717) is 0 Å². The molecule has 0 radical (unpaired) electrons. The Balaban J connectivity index is 0.000000261. The lowest BCUT2D eigenvalue weighted by molar-refractivity contribution is -0.597. The van der Waals surface area contributed by atoms with E-state index in [-0.39, 0.29) is 43.0 Å². The molecule has 11 aromatic rings. The van der Waals surface area contributed by atoms with E-state index in [1.165, 1.54) is 126 Å². The van der Waals surface area contributed by atoms with E-state index in [1.807, 2.05) is 0 Å². The molecule has 568 valence electrons. The molecule has 9 nitrogen and oxygen atoms in total. The van der Waals surface area contributed by atoms with Crippen molar-refractivity contribution in [3.63, 3.8) is 0 Å². The molecule has 0 atom stereocenters. The molecule has 0 aliphatic heterocycles. The van der Waals surface area contributed by atoms with E-state index in [4.69, 9.17) is 0 Å². The Morgan fingerprint density at radius 1 is 0.241 bits per heavy atom. The van der Waals surface area contributed by atoms with Crippen molar-refractivity contribution in [1.82, 2.24) is 0 Å². The lowest BCUT2D eigenvalue weighted by Crippen LogP contribution is -3.61. The summed E-state index contributed by atoms with van der Waals surface area (Å²) in [6.07, 6.45) is 0. The maximum atomic E-state index is 12.6. The highest BCUT2D eigenvalue weighted by Gasteiger charge is 2.39. The van der Waals surface area contributed by atoms with Gasteiger partial charge in [0.15, 0.2) is 106 Å². The van der Waals surface area contributed by atoms with Crippen LogP contribution in [0.15, 0.2) is 190 Å². The summed E-state index contributed by atoms with van der Waals surface area (Å²) in [6.45, 7) is 27.1. The molecule has 0 N–H and O–H groups in total. The second-order valence-electron chi connectivity index (χ2n) is 24.7. The van der Waals surface area contributed by atoms with Gasteiger partial charge in [-0.15, -0.1) is 0 Å². The minimum Gasteiger partial charge on any atom is -0.744 e. The number of hydrogen-bond acceptors (Lipinski definition) is 9. The lowest BCUT2D eigenvalue weighted by Gasteiger charge is -2.17. The Labute approximate surface area is 629 Å². The fraction of sp³-hybridized carbons (Fsp3) is 0.154. The summed E-state index contributed by atoms with van der Waals surface area (Å²) in [5.74, 6) is -38.5. The molecule has 0 fully saturated rings. The summed E-state index contributed by atoms with van der Waals surface area (Å²) >= 11 is -0.304. The monoisotopic (exact) mass is 1710 g/mol. The van der Waals surface area contributed by atoms with Crippen molar-refractivity contribution in [2.75, 3.05) is 0 Å². The second kappa shape index (κ2) is 33.8. The fourth-order valence-electron chi connectivity index (χ4n) is 12.1. The van der Waals surface area contributed by atoms with E-state index in [2.05, 4.69) is 229 Å². The van der Waals surface area contributed by atoms with Gasteiger partial charge in [0.25, 0.3) is 0 Å². The van der Waals surface area contributed by atoms with Gasteiger partial charge in [0.1, 0.15) is 66.8 Å². The van der Waals surface area contributed by atoms with Crippen LogP contribution in [0.25, 0.3) is 22.3 Å². The Hall–Kier alpha value is -8.47. The van der Waals surface area contributed by atoms with Gasteiger partial charge in [0, 0.05) is 44.5 Å². The van der Waals surface area contributed by atoms with E-state index in [0.717, 1.165) is 0 Å². The predicted molar refractivity (Wildman–Crippen MR) is 371 cm³/mol. The molecule has 0 saturated carbocycles. The normalized spacial score (nSPS) is 11.7. The first kappa shape index (κ1) is 85.1. The highest BCUT2D eigenvalue weighted by Crippen LogP contribution is 2.43. The summed E-state index contributed by atoms with van der Waals surface area (Å²) in [6, 6.07) is 56.3. The second-order valence-corrected chi connectivity index (χ2v) is 35.5. The minimum atomic E-state index is -5.77. The van der Waals surface area contributed by atoms with Crippen LogP contribution in [0.4, 0.5) is 65.9 Å². The van der Waals surface area contributed by atoms with Gasteiger partial charge in [-0.3, -0.25) is 0 Å². The van der Waals surface area contributed by atoms with Crippen molar-refractivity contribution in [3.8, 4) is 22.3 Å². The third-order valence-electron chi connectivity index (χ3n) is 16.2. The number of aryl methyl sites for hydroxylation is 12. The van der Waals surface area contributed by atoms with Crippen LogP contribution in [0.1, 0.15) is 66.8 Å². The Kier molecular flexibility index (Phi) is 26.6. The minimum absolute atomic E-state index is 0.201. The van der Waals surface area contributed by atoms with Crippen LogP contribution in [0.2, 0.25) is 0 Å². The van der Waals surface area contributed by atoms with Gasteiger partial charge < -0.3 is 13.7 Å². The largest absolute Gasteiger partial charge is 0.744 e. The summed E-state index contributed by atoms with van der Waals surface area (Å²) < 4.78 is 282. The van der Waals surface area contributed by atoms with Crippen molar-refractivity contribution in [1.29, 1.82) is 0 Å². The number of hydrogen-bond donors (Lipinski definition) is 0. The molecule has 108 heavy (non-hydrogen) atoms. The van der Waals surface area contributed by atoms with E-state index < -0.39 is 132 Å². The van der Waals surface area contributed by atoms with Gasteiger partial charge in [-0.2, -0.15) is 0 Å². The smallest absolute Gasteiger partial charge is 0.357 e. The SMILES string of the molecule is Cc1cc(C)c([S+](c2ccc(-c3ccc([I+]c4ccc(-c5ccc([S+](c6c(C)cc(C)cc6C)c6c(C)cc(C)cc6C)cc5)cc4)cc3)cc2)c2c(C)cc(C)cc2C)c(C)c1.O=S(=O)([O-])c1c(F)c(F)c(F)c(F)c1F.O=S(=O)([O-])c1c(F)c(F)c(F)c(F)c1F.O=S(=O)([O-])c1c(F)c(F)c(F)c(F)c1F. The number of rotatable bonds is 13. The van der Waals surface area contributed by atoms with Crippen molar-refractivity contribution in [2.45, 2.75) is 127 Å². The zero-order valence-corrected chi connectivity index (χ0v) is 64.9. The van der Waals surface area contributed by atoms with E-state index in [1.54, 1.807) is 0 Å². The fourth-order valence-corrected chi connectivity index (χ4v) is 21.4. The van der Waals surface area contributed by atoms with Gasteiger partial charge in [-0.05, 0) is 202 Å². The van der Waals surface area contributed by atoms with Crippen LogP contribution in [0.3, 0.4) is 0 Å². The van der Waals surface area contributed by atoms with Crippen molar-refractivity contribution < 1.29 is 126 Å². The molecule has 11 rings (SSSR count). The Morgan fingerprint density at radius 3 is 0.546 bits per heavy atom. The first-order chi connectivity index (χ1) is 50.2. The molecule has 0 aliphatic rings. The van der Waals surface area contributed by atoms with Gasteiger partial charge in [0.05, 0.1) is 0 Å². The maximum Gasteiger partial charge on any atom is 0.357 e. The quantitative estimate of drug-likeness (QED) is 0.0272. The average Bonchev–Trinajstić information content (AvgIpc) is 0.667. The Morgan fingerprint density at radius 2 is 0.389 bits per heavy atom. The van der Waals surface area contributed by atoms with Crippen LogP contribution >= 0.6 is 0 Å². The summed E-state index contributed by atoms with van der Waals surface area (Å²) in [7, 11) is -17.7. The molecule has 0 bridgehead atoms. The highest BCUT2D eigenvalue weighted by molar-refractivity contribution is 7.97. The van der Waals surface area contributed by atoms with Crippen LogP contribution < -0.4 is 21.2 Å². The molecule has 0 unspecified atom stereocenters. The van der Waals surface area contributed by atoms with Crippen molar-refractivity contribution in [3.05, 3.63) is 307 Å². The van der Waals surface area contributed by atoms with Crippen molar-refractivity contribution >= 4 is 52.1 Å². The first-order valence-electron chi connectivity index (χ1n) is 31.5. The van der Waals surface area contributed by atoms with Crippen LogP contribution in [0.5, 0.6) is 0 Å².